The van der Waals surface area contributed by atoms with Gasteiger partial charge in [0.15, 0.2) is 0 Å². The number of hydrogen-bond acceptors (Lipinski definition) is 2. The van der Waals surface area contributed by atoms with Crippen LogP contribution < -0.4 is 4.90 Å². The second-order valence-corrected chi connectivity index (χ2v) is 17.9. The molecule has 0 N–H and O–H groups in total. The van der Waals surface area contributed by atoms with Crippen LogP contribution >= 0.6 is 11.3 Å². The van der Waals surface area contributed by atoms with E-state index in [1.807, 2.05) is 11.3 Å². The van der Waals surface area contributed by atoms with Crippen LogP contribution in [0, 0.1) is 0 Å². The van der Waals surface area contributed by atoms with Crippen molar-refractivity contribution < 1.29 is 0 Å². The van der Waals surface area contributed by atoms with Crippen LogP contribution in [-0.2, 0) is 5.41 Å². The lowest BCUT2D eigenvalue weighted by Gasteiger charge is -2.30. The van der Waals surface area contributed by atoms with Crippen LogP contribution in [0.2, 0.25) is 0 Å². The summed E-state index contributed by atoms with van der Waals surface area (Å²) in [6.45, 7) is 4.74. The molecule has 2 heteroatoms. The molecular weight excluding hydrogens is 755 g/mol. The van der Waals surface area contributed by atoms with Gasteiger partial charge in [0.2, 0.25) is 0 Å². The molecule has 0 aliphatic heterocycles. The molecule has 11 aromatic rings. The molecule has 0 amide bonds. The van der Waals surface area contributed by atoms with Gasteiger partial charge in [0.25, 0.3) is 0 Å². The number of hydrogen-bond donors (Lipinski definition) is 0. The van der Waals surface area contributed by atoms with E-state index in [-0.39, 0.29) is 5.41 Å². The van der Waals surface area contributed by atoms with Gasteiger partial charge in [0.05, 0.1) is 5.69 Å². The Morgan fingerprint density at radius 2 is 0.984 bits per heavy atom. The van der Waals surface area contributed by atoms with Crippen LogP contribution in [0.25, 0.3) is 86.2 Å². The summed E-state index contributed by atoms with van der Waals surface area (Å²) >= 11 is 1.88. The second kappa shape index (κ2) is 13.9. The fourth-order valence-corrected chi connectivity index (χ4v) is 11.3. The Hall–Kier alpha value is -7.26. The Kier molecular flexibility index (Phi) is 8.13. The summed E-state index contributed by atoms with van der Waals surface area (Å²) in [7, 11) is 0. The van der Waals surface area contributed by atoms with Crippen molar-refractivity contribution in [2.24, 2.45) is 0 Å². The van der Waals surface area contributed by atoms with Gasteiger partial charge in [0, 0.05) is 42.5 Å². The Bertz CT molecular complexity index is 3500. The number of fused-ring (bicyclic) bond motifs is 9. The maximum Gasteiger partial charge on any atom is 0.0540 e. The van der Waals surface area contributed by atoms with E-state index in [0.29, 0.717) is 0 Å². The molecule has 1 nitrogen and oxygen atoms in total. The van der Waals surface area contributed by atoms with E-state index in [1.54, 1.807) is 0 Å². The van der Waals surface area contributed by atoms with Gasteiger partial charge in [-0.3, -0.25) is 0 Å². The Labute approximate surface area is 360 Å². The van der Waals surface area contributed by atoms with Crippen molar-refractivity contribution in [2.75, 3.05) is 4.90 Å². The third-order valence-electron chi connectivity index (χ3n) is 13.1. The van der Waals surface area contributed by atoms with Crippen LogP contribution in [0.3, 0.4) is 0 Å². The van der Waals surface area contributed by atoms with Crippen molar-refractivity contribution in [2.45, 2.75) is 19.3 Å². The molecule has 12 rings (SSSR count). The number of anilines is 3. The molecule has 1 aliphatic carbocycles. The van der Waals surface area contributed by atoms with Gasteiger partial charge >= 0.3 is 0 Å². The predicted molar refractivity (Wildman–Crippen MR) is 263 cm³/mol. The quantitative estimate of drug-likeness (QED) is 0.152. The first-order valence-electron chi connectivity index (χ1n) is 21.2. The SMILES string of the molecule is CC1(C)c2ccccc2-c2ccc(N(c3ccc(-c4cccc5c4sc4ccccc45)cc3)c3ccc(-c4cc5ccccc5c5ccccc45)cc3-c3ccccc3)cc21. The van der Waals surface area contributed by atoms with E-state index in [2.05, 4.69) is 231 Å². The van der Waals surface area contributed by atoms with Gasteiger partial charge in [0.1, 0.15) is 0 Å². The van der Waals surface area contributed by atoms with Crippen LogP contribution in [0.15, 0.2) is 212 Å². The lowest BCUT2D eigenvalue weighted by Crippen LogP contribution is -2.17. The van der Waals surface area contributed by atoms with Crippen LogP contribution in [0.4, 0.5) is 17.1 Å². The number of nitrogens with zero attached hydrogens (tertiary/aromatic N) is 1. The highest BCUT2D eigenvalue weighted by Crippen LogP contribution is 2.52. The molecule has 0 bridgehead atoms. The van der Waals surface area contributed by atoms with E-state index < -0.39 is 0 Å². The summed E-state index contributed by atoms with van der Waals surface area (Å²) in [6.07, 6.45) is 0. The van der Waals surface area contributed by atoms with Crippen molar-refractivity contribution >= 4 is 70.1 Å². The Balaban J connectivity index is 1.07. The fourth-order valence-electron chi connectivity index (χ4n) is 10.1. The molecule has 1 heterocycles. The first-order chi connectivity index (χ1) is 30.0. The lowest BCUT2D eigenvalue weighted by molar-refractivity contribution is 0.660. The maximum atomic E-state index is 2.48. The second-order valence-electron chi connectivity index (χ2n) is 16.9. The van der Waals surface area contributed by atoms with Gasteiger partial charge in [-0.05, 0) is 120 Å². The molecule has 1 aromatic heterocycles. The zero-order valence-corrected chi connectivity index (χ0v) is 34.9. The first-order valence-corrected chi connectivity index (χ1v) is 22.0. The van der Waals surface area contributed by atoms with Gasteiger partial charge in [-0.15, -0.1) is 11.3 Å². The van der Waals surface area contributed by atoms with Crippen molar-refractivity contribution in [1.29, 1.82) is 0 Å². The molecule has 0 saturated heterocycles. The average molecular weight is 796 g/mol. The molecule has 288 valence electrons. The van der Waals surface area contributed by atoms with E-state index in [1.165, 1.54) is 97.4 Å². The van der Waals surface area contributed by atoms with Crippen molar-refractivity contribution in [3.05, 3.63) is 223 Å². The summed E-state index contributed by atoms with van der Waals surface area (Å²) in [6, 6.07) is 78.7. The zero-order chi connectivity index (χ0) is 40.7. The molecule has 0 saturated carbocycles. The third-order valence-corrected chi connectivity index (χ3v) is 14.3. The van der Waals surface area contributed by atoms with Crippen molar-refractivity contribution in [1.82, 2.24) is 0 Å². The summed E-state index contributed by atoms with van der Waals surface area (Å²) in [5, 5.41) is 7.70. The van der Waals surface area contributed by atoms with Gasteiger partial charge < -0.3 is 4.90 Å². The minimum absolute atomic E-state index is 0.135. The molecule has 0 unspecified atom stereocenters. The summed E-state index contributed by atoms with van der Waals surface area (Å²) in [5.41, 5.74) is 15.9. The molecule has 1 aliphatic rings. The predicted octanol–water partition coefficient (Wildman–Crippen LogP) is 17.1. The van der Waals surface area contributed by atoms with Crippen LogP contribution in [0.5, 0.6) is 0 Å². The zero-order valence-electron chi connectivity index (χ0n) is 34.1. The summed E-state index contributed by atoms with van der Waals surface area (Å²) in [5.74, 6) is 0. The minimum Gasteiger partial charge on any atom is -0.310 e. The van der Waals surface area contributed by atoms with Gasteiger partial charge in [-0.2, -0.15) is 0 Å². The highest BCUT2D eigenvalue weighted by Gasteiger charge is 2.36. The monoisotopic (exact) mass is 795 g/mol. The molecular formula is C59H41NS. The normalized spacial score (nSPS) is 12.9. The minimum atomic E-state index is -0.135. The van der Waals surface area contributed by atoms with Gasteiger partial charge in [-0.1, -0.05) is 178 Å². The molecule has 0 radical (unpaired) electrons. The van der Waals surface area contributed by atoms with Crippen LogP contribution in [-0.4, -0.2) is 0 Å². The molecule has 61 heavy (non-hydrogen) atoms. The molecule has 0 atom stereocenters. The van der Waals surface area contributed by atoms with Crippen molar-refractivity contribution in [3.8, 4) is 44.5 Å². The van der Waals surface area contributed by atoms with E-state index >= 15 is 0 Å². The highest BCUT2D eigenvalue weighted by atomic mass is 32.1. The number of rotatable bonds is 6. The van der Waals surface area contributed by atoms with E-state index in [9.17, 15) is 0 Å². The first kappa shape index (κ1) is 35.7. The highest BCUT2D eigenvalue weighted by molar-refractivity contribution is 7.26. The summed E-state index contributed by atoms with van der Waals surface area (Å²) < 4.78 is 2.65. The topological polar surface area (TPSA) is 3.24 Å². The molecule has 0 spiro atoms. The molecule has 0 fully saturated rings. The molecule has 10 aromatic carbocycles. The Morgan fingerprint density at radius 3 is 1.84 bits per heavy atom. The third kappa shape index (κ3) is 5.67. The van der Waals surface area contributed by atoms with Gasteiger partial charge in [-0.25, -0.2) is 0 Å². The number of thiophene rings is 1. The largest absolute Gasteiger partial charge is 0.310 e. The average Bonchev–Trinajstić information content (AvgIpc) is 3.81. The lowest BCUT2D eigenvalue weighted by atomic mass is 9.82. The fraction of sp³-hybridized carbons (Fsp3) is 0.0508. The Morgan fingerprint density at radius 1 is 0.361 bits per heavy atom. The standard InChI is InChI=1S/C59H41NS/c1-59(2)54-25-12-10-21-48(54)49-33-32-43(37-55(49)59)60(42-30-27-39(28-31-42)45-23-14-24-51-50-22-11-13-26-57(50)61-58(45)51)56-34-29-41(36-53(56)38-15-4-3-5-16-38)52-35-40-17-6-7-18-44(40)46-19-8-9-20-47(46)52/h3-37H,1-2H3. The van der Waals surface area contributed by atoms with Crippen LogP contribution in [0.1, 0.15) is 25.0 Å². The van der Waals surface area contributed by atoms with E-state index in [0.717, 1.165) is 17.1 Å². The van der Waals surface area contributed by atoms with Crippen molar-refractivity contribution in [3.63, 3.8) is 0 Å². The van der Waals surface area contributed by atoms with E-state index in [4.69, 9.17) is 0 Å². The maximum absolute atomic E-state index is 2.48. The smallest absolute Gasteiger partial charge is 0.0540 e. The number of benzene rings is 10. The summed E-state index contributed by atoms with van der Waals surface area (Å²) in [4.78, 5) is 2.48.